The zero-order valence-corrected chi connectivity index (χ0v) is 42.8. The molecule has 4 saturated carbocycles. The standard InChI is InChI=1S/C75H57N/c1-47-39-42-67(71-61-32-12-16-36-63(61)73(72(47)71,51-25-7-3-8-26-51)52-27-9-4-10-28-52)76(66-38-18-14-31-59(66)60-34-20-24-49-23-19-33-56(70(49)60)48-21-5-2-6-22-48)65-37-17-13-29-55(65)50-40-41-58-57-30-11-15-35-62(57)75(64(58)43-50)68-45-53-44-54-46-69(75)74(53,54)68/h2-43,47,53-54,68-69,72H,44-46H2,1H3. The molecule has 17 rings (SSSR count). The highest BCUT2D eigenvalue weighted by atomic mass is 15.2. The number of anilines is 2. The molecule has 10 aromatic carbocycles. The van der Waals surface area contributed by atoms with Crippen molar-refractivity contribution < 1.29 is 0 Å². The molecule has 7 aliphatic rings. The van der Waals surface area contributed by atoms with Crippen molar-refractivity contribution in [3.8, 4) is 44.5 Å². The minimum Gasteiger partial charge on any atom is -0.309 e. The number of para-hydroxylation sites is 2. The highest BCUT2D eigenvalue weighted by molar-refractivity contribution is 6.09. The SMILES string of the molecule is CC1C=CC(N(c2ccccc2-c2ccc3c(c2)C2(c4ccccc4-3)C3CC4CC5CC2C453)c2ccccc2-c2cccc3cccc(-c4ccccc4)c23)=C2c3ccccc3C(c3ccccc3)(c3ccccc3)C21. The minimum absolute atomic E-state index is 0.0900. The first-order valence-electron chi connectivity index (χ1n) is 28.1. The summed E-state index contributed by atoms with van der Waals surface area (Å²) in [6, 6.07) is 92.7. The zero-order valence-electron chi connectivity index (χ0n) is 42.8. The lowest BCUT2D eigenvalue weighted by atomic mass is 9.11. The third-order valence-electron chi connectivity index (χ3n) is 20.8. The third-order valence-corrected chi connectivity index (χ3v) is 20.8. The van der Waals surface area contributed by atoms with Gasteiger partial charge in [-0.25, -0.2) is 0 Å². The first kappa shape index (κ1) is 43.0. The Morgan fingerprint density at radius 1 is 0.408 bits per heavy atom. The Morgan fingerprint density at radius 3 is 1.63 bits per heavy atom. The van der Waals surface area contributed by atoms with Crippen LogP contribution in [0.4, 0.5) is 11.4 Å². The molecule has 10 aromatic rings. The number of fused-ring (bicyclic) bond motifs is 11. The molecule has 0 amide bonds. The van der Waals surface area contributed by atoms with Crippen molar-refractivity contribution in [2.24, 2.45) is 40.9 Å². The Labute approximate surface area is 446 Å². The Hall–Kier alpha value is -8.26. The van der Waals surface area contributed by atoms with Gasteiger partial charge in [0.1, 0.15) is 0 Å². The molecule has 4 fully saturated rings. The fraction of sp³-hybridized carbons (Fsp3) is 0.173. The molecule has 0 radical (unpaired) electrons. The second-order valence-corrected chi connectivity index (χ2v) is 23.4. The van der Waals surface area contributed by atoms with Crippen molar-refractivity contribution in [1.29, 1.82) is 0 Å². The summed E-state index contributed by atoms with van der Waals surface area (Å²) in [5.41, 5.74) is 24.2. The van der Waals surface area contributed by atoms with E-state index in [1.54, 1.807) is 11.1 Å². The molecule has 2 spiro atoms. The normalized spacial score (nSPS) is 25.9. The predicted molar refractivity (Wildman–Crippen MR) is 313 cm³/mol. The van der Waals surface area contributed by atoms with Gasteiger partial charge in [0, 0.05) is 22.5 Å². The van der Waals surface area contributed by atoms with Gasteiger partial charge in [-0.05, 0) is 162 Å². The molecule has 76 heavy (non-hydrogen) atoms. The number of hydrogen-bond donors (Lipinski definition) is 0. The second-order valence-electron chi connectivity index (χ2n) is 23.4. The van der Waals surface area contributed by atoms with Crippen LogP contribution in [-0.2, 0) is 10.8 Å². The first-order valence-corrected chi connectivity index (χ1v) is 28.1. The van der Waals surface area contributed by atoms with E-state index in [4.69, 9.17) is 0 Å². The maximum absolute atomic E-state index is 2.69. The van der Waals surface area contributed by atoms with Crippen molar-refractivity contribution >= 4 is 27.7 Å². The monoisotopic (exact) mass is 971 g/mol. The summed E-state index contributed by atoms with van der Waals surface area (Å²) in [5, 5.41) is 2.50. The number of benzene rings is 10. The van der Waals surface area contributed by atoms with Crippen LogP contribution in [0.2, 0.25) is 0 Å². The van der Waals surface area contributed by atoms with Crippen LogP contribution in [0.15, 0.2) is 261 Å². The Balaban J connectivity index is 0.941. The lowest BCUT2D eigenvalue weighted by Gasteiger charge is -2.92. The van der Waals surface area contributed by atoms with E-state index >= 15 is 0 Å². The molecule has 0 bridgehead atoms. The van der Waals surface area contributed by atoms with Gasteiger partial charge >= 0.3 is 0 Å². The highest BCUT2D eigenvalue weighted by Crippen LogP contribution is 2.95. The molecule has 6 unspecified atom stereocenters. The smallest absolute Gasteiger partial charge is 0.0540 e. The van der Waals surface area contributed by atoms with Crippen LogP contribution in [0.3, 0.4) is 0 Å². The molecular weight excluding hydrogens is 915 g/mol. The van der Waals surface area contributed by atoms with Gasteiger partial charge in [0.15, 0.2) is 0 Å². The van der Waals surface area contributed by atoms with Gasteiger partial charge in [0.25, 0.3) is 0 Å². The Bertz CT molecular complexity index is 4040. The minimum atomic E-state index is -0.445. The molecule has 0 saturated heterocycles. The van der Waals surface area contributed by atoms with E-state index in [-0.39, 0.29) is 17.3 Å². The Morgan fingerprint density at radius 2 is 0.947 bits per heavy atom. The van der Waals surface area contributed by atoms with Gasteiger partial charge in [-0.3, -0.25) is 0 Å². The van der Waals surface area contributed by atoms with E-state index < -0.39 is 5.41 Å². The summed E-state index contributed by atoms with van der Waals surface area (Å²) in [6.45, 7) is 2.46. The topological polar surface area (TPSA) is 3.24 Å². The van der Waals surface area contributed by atoms with Gasteiger partial charge in [-0.1, -0.05) is 237 Å². The number of nitrogens with zero attached hydrogens (tertiary/aromatic N) is 1. The van der Waals surface area contributed by atoms with E-state index in [1.807, 2.05) is 0 Å². The van der Waals surface area contributed by atoms with Gasteiger partial charge in [0.2, 0.25) is 0 Å². The van der Waals surface area contributed by atoms with E-state index in [9.17, 15) is 0 Å². The van der Waals surface area contributed by atoms with Crippen LogP contribution in [0.25, 0.3) is 60.9 Å². The van der Waals surface area contributed by atoms with Gasteiger partial charge in [0.05, 0.1) is 22.5 Å². The van der Waals surface area contributed by atoms with Crippen molar-refractivity contribution in [3.63, 3.8) is 0 Å². The number of hydrogen-bond acceptors (Lipinski definition) is 1. The summed E-state index contributed by atoms with van der Waals surface area (Å²) in [4.78, 5) is 2.69. The van der Waals surface area contributed by atoms with Crippen molar-refractivity contribution in [2.45, 2.75) is 37.0 Å². The highest BCUT2D eigenvalue weighted by Gasteiger charge is 2.90. The Kier molecular flexibility index (Phi) is 8.86. The quantitative estimate of drug-likeness (QED) is 0.147. The van der Waals surface area contributed by atoms with Crippen molar-refractivity contribution in [1.82, 2.24) is 0 Å². The molecular formula is C75H57N. The molecule has 1 heteroatoms. The number of rotatable bonds is 8. The summed E-state index contributed by atoms with van der Waals surface area (Å²) in [7, 11) is 0. The molecule has 0 heterocycles. The summed E-state index contributed by atoms with van der Waals surface area (Å²) < 4.78 is 0. The lowest BCUT2D eigenvalue weighted by Crippen LogP contribution is -2.88. The number of allylic oxidation sites excluding steroid dienone is 3. The van der Waals surface area contributed by atoms with Crippen LogP contribution in [-0.4, -0.2) is 0 Å². The summed E-state index contributed by atoms with van der Waals surface area (Å²) >= 11 is 0. The molecule has 6 atom stereocenters. The first-order chi connectivity index (χ1) is 37.6. The molecule has 0 aromatic heterocycles. The van der Waals surface area contributed by atoms with E-state index in [1.165, 1.54) is 114 Å². The van der Waals surface area contributed by atoms with Crippen LogP contribution in [0.1, 0.15) is 59.6 Å². The fourth-order valence-corrected chi connectivity index (χ4v) is 18.2. The van der Waals surface area contributed by atoms with Crippen LogP contribution < -0.4 is 4.90 Å². The molecule has 362 valence electrons. The van der Waals surface area contributed by atoms with Crippen LogP contribution >= 0.6 is 0 Å². The fourth-order valence-electron chi connectivity index (χ4n) is 18.2. The van der Waals surface area contributed by atoms with Gasteiger partial charge in [-0.15, -0.1) is 0 Å². The molecule has 0 aliphatic heterocycles. The predicted octanol–water partition coefficient (Wildman–Crippen LogP) is 18.5. The zero-order chi connectivity index (χ0) is 49.9. The van der Waals surface area contributed by atoms with Crippen LogP contribution in [0.5, 0.6) is 0 Å². The van der Waals surface area contributed by atoms with Crippen molar-refractivity contribution in [3.05, 3.63) is 294 Å². The van der Waals surface area contributed by atoms with E-state index in [0.717, 1.165) is 29.4 Å². The largest absolute Gasteiger partial charge is 0.309 e. The van der Waals surface area contributed by atoms with Gasteiger partial charge in [-0.2, -0.15) is 0 Å². The average molecular weight is 972 g/mol. The lowest BCUT2D eigenvalue weighted by molar-refractivity contribution is -0.412. The van der Waals surface area contributed by atoms with E-state index in [2.05, 4.69) is 267 Å². The van der Waals surface area contributed by atoms with Crippen LogP contribution in [0, 0.1) is 40.9 Å². The summed E-state index contributed by atoms with van der Waals surface area (Å²) in [5.74, 6) is 3.74. The second kappa shape index (κ2) is 15.7. The molecule has 1 nitrogen and oxygen atoms in total. The van der Waals surface area contributed by atoms with Crippen molar-refractivity contribution in [2.75, 3.05) is 4.90 Å². The third kappa shape index (κ3) is 5.22. The maximum atomic E-state index is 2.69. The summed E-state index contributed by atoms with van der Waals surface area (Å²) in [6.07, 6.45) is 9.28. The molecule has 7 aliphatic carbocycles. The van der Waals surface area contributed by atoms with E-state index in [0.29, 0.717) is 5.41 Å². The van der Waals surface area contributed by atoms with Gasteiger partial charge < -0.3 is 4.90 Å². The maximum Gasteiger partial charge on any atom is 0.0540 e. The molecule has 0 N–H and O–H groups in total. The average Bonchev–Trinajstić information content (AvgIpc) is 3.47.